The van der Waals surface area contributed by atoms with E-state index in [0.29, 0.717) is 25.3 Å². The van der Waals surface area contributed by atoms with Crippen molar-refractivity contribution >= 4 is 34.5 Å². The minimum Gasteiger partial charge on any atom is -0.368 e. The average molecular weight is 351 g/mol. The highest BCUT2D eigenvalue weighted by molar-refractivity contribution is 7.09. The fraction of sp³-hybridized carbons (Fsp3) is 0.375. The Labute approximate surface area is 144 Å². The van der Waals surface area contributed by atoms with Gasteiger partial charge in [-0.2, -0.15) is 0 Å². The second kappa shape index (κ2) is 7.29. The molecule has 1 amide bonds. The second-order valence-corrected chi connectivity index (χ2v) is 6.80. The van der Waals surface area contributed by atoms with Gasteiger partial charge < -0.3 is 15.5 Å². The van der Waals surface area contributed by atoms with Crippen molar-refractivity contribution in [3.05, 3.63) is 45.4 Å². The lowest BCUT2D eigenvalue weighted by Crippen LogP contribution is -2.48. The van der Waals surface area contributed by atoms with Gasteiger partial charge in [0, 0.05) is 48.7 Å². The Morgan fingerprint density at radius 2 is 2.09 bits per heavy atom. The molecule has 1 aromatic heterocycles. The van der Waals surface area contributed by atoms with E-state index in [1.54, 1.807) is 0 Å². The Morgan fingerprint density at radius 1 is 1.30 bits per heavy atom. The molecule has 23 heavy (non-hydrogen) atoms. The molecule has 0 unspecified atom stereocenters. The standard InChI is InChI=1S/C16H19ClN4OS/c17-12-2-1-3-13(10-12)20-6-8-21(9-7-20)16(22)14-11-23-15(19-14)4-5-18/h1-3,10-11H,4-9,18H2. The highest BCUT2D eigenvalue weighted by atomic mass is 35.5. The summed E-state index contributed by atoms with van der Waals surface area (Å²) in [5.74, 6) is 0.00951. The molecule has 3 rings (SSSR count). The van der Waals surface area contributed by atoms with Crippen LogP contribution in [0.4, 0.5) is 5.69 Å². The summed E-state index contributed by atoms with van der Waals surface area (Å²) in [6.45, 7) is 3.53. The number of hydrogen-bond acceptors (Lipinski definition) is 5. The zero-order valence-corrected chi connectivity index (χ0v) is 14.3. The number of nitrogens with zero attached hydrogens (tertiary/aromatic N) is 3. The van der Waals surface area contributed by atoms with Gasteiger partial charge in [0.25, 0.3) is 5.91 Å². The third-order valence-corrected chi connectivity index (χ3v) is 5.01. The highest BCUT2D eigenvalue weighted by Crippen LogP contribution is 2.21. The smallest absolute Gasteiger partial charge is 0.273 e. The molecule has 2 aromatic rings. The molecule has 0 atom stereocenters. The first kappa shape index (κ1) is 16.2. The van der Waals surface area contributed by atoms with Crippen LogP contribution in [-0.4, -0.2) is 48.5 Å². The van der Waals surface area contributed by atoms with Crippen molar-refractivity contribution in [1.29, 1.82) is 0 Å². The third-order valence-electron chi connectivity index (χ3n) is 3.87. The van der Waals surface area contributed by atoms with Crippen LogP contribution in [0.5, 0.6) is 0 Å². The lowest BCUT2D eigenvalue weighted by molar-refractivity contribution is 0.0741. The van der Waals surface area contributed by atoms with Gasteiger partial charge >= 0.3 is 0 Å². The van der Waals surface area contributed by atoms with E-state index >= 15 is 0 Å². The van der Waals surface area contributed by atoms with Gasteiger partial charge in [-0.3, -0.25) is 4.79 Å². The van der Waals surface area contributed by atoms with Gasteiger partial charge in [0.05, 0.1) is 5.01 Å². The lowest BCUT2D eigenvalue weighted by Gasteiger charge is -2.35. The summed E-state index contributed by atoms with van der Waals surface area (Å²) in [4.78, 5) is 21.0. The molecule has 7 heteroatoms. The number of carbonyl (C=O) groups is 1. The first-order valence-electron chi connectivity index (χ1n) is 7.61. The molecule has 1 aliphatic heterocycles. The summed E-state index contributed by atoms with van der Waals surface area (Å²) in [5, 5.41) is 3.49. The predicted molar refractivity (Wildman–Crippen MR) is 94.4 cm³/mol. The number of carbonyl (C=O) groups excluding carboxylic acids is 1. The minimum atomic E-state index is 0.00951. The van der Waals surface area contributed by atoms with Crippen molar-refractivity contribution in [3.63, 3.8) is 0 Å². The molecule has 0 spiro atoms. The second-order valence-electron chi connectivity index (χ2n) is 5.42. The molecular formula is C16H19ClN4OS. The summed E-state index contributed by atoms with van der Waals surface area (Å²) in [6.07, 6.45) is 0.723. The van der Waals surface area contributed by atoms with Gasteiger partial charge in [-0.1, -0.05) is 17.7 Å². The van der Waals surface area contributed by atoms with E-state index < -0.39 is 0 Å². The van der Waals surface area contributed by atoms with Crippen molar-refractivity contribution in [2.45, 2.75) is 6.42 Å². The van der Waals surface area contributed by atoms with Crippen molar-refractivity contribution < 1.29 is 4.79 Å². The SMILES string of the molecule is NCCc1nc(C(=O)N2CCN(c3cccc(Cl)c3)CC2)cs1. The average Bonchev–Trinajstić information content (AvgIpc) is 3.03. The maximum absolute atomic E-state index is 12.5. The third kappa shape index (κ3) is 3.83. The number of amides is 1. The number of hydrogen-bond donors (Lipinski definition) is 1. The summed E-state index contributed by atoms with van der Waals surface area (Å²) < 4.78 is 0. The molecule has 122 valence electrons. The van der Waals surface area contributed by atoms with E-state index in [2.05, 4.69) is 9.88 Å². The van der Waals surface area contributed by atoms with Crippen LogP contribution < -0.4 is 10.6 Å². The Morgan fingerprint density at radius 3 is 2.78 bits per heavy atom. The van der Waals surface area contributed by atoms with Gasteiger partial charge in [0.1, 0.15) is 5.69 Å². The Kier molecular flexibility index (Phi) is 5.15. The number of rotatable bonds is 4. The van der Waals surface area contributed by atoms with E-state index in [4.69, 9.17) is 17.3 Å². The number of aromatic nitrogens is 1. The normalized spacial score (nSPS) is 15.0. The van der Waals surface area contributed by atoms with Crippen LogP contribution in [0.15, 0.2) is 29.6 Å². The molecule has 0 saturated carbocycles. The largest absolute Gasteiger partial charge is 0.368 e. The number of anilines is 1. The fourth-order valence-electron chi connectivity index (χ4n) is 2.65. The van der Waals surface area contributed by atoms with Crippen LogP contribution in [0.25, 0.3) is 0 Å². The molecule has 1 aliphatic rings. The van der Waals surface area contributed by atoms with Gasteiger partial charge in [-0.05, 0) is 24.7 Å². The highest BCUT2D eigenvalue weighted by Gasteiger charge is 2.24. The topological polar surface area (TPSA) is 62.5 Å². The minimum absolute atomic E-state index is 0.00951. The molecule has 1 fully saturated rings. The van der Waals surface area contributed by atoms with Crippen molar-refractivity contribution in [2.75, 3.05) is 37.6 Å². The lowest BCUT2D eigenvalue weighted by atomic mass is 10.2. The van der Waals surface area contributed by atoms with Gasteiger partial charge in [-0.25, -0.2) is 4.98 Å². The van der Waals surface area contributed by atoms with Crippen LogP contribution in [0.1, 0.15) is 15.5 Å². The summed E-state index contributed by atoms with van der Waals surface area (Å²) >= 11 is 7.55. The molecule has 2 N–H and O–H groups in total. The molecule has 0 radical (unpaired) electrons. The Balaban J connectivity index is 1.60. The summed E-state index contributed by atoms with van der Waals surface area (Å²) in [7, 11) is 0. The monoisotopic (exact) mass is 350 g/mol. The van der Waals surface area contributed by atoms with Crippen LogP contribution in [0, 0.1) is 0 Å². The maximum atomic E-state index is 12.5. The van der Waals surface area contributed by atoms with E-state index in [-0.39, 0.29) is 5.91 Å². The first-order chi connectivity index (χ1) is 11.2. The van der Waals surface area contributed by atoms with E-state index in [9.17, 15) is 4.79 Å². The summed E-state index contributed by atoms with van der Waals surface area (Å²) in [6, 6.07) is 7.82. The van der Waals surface area contributed by atoms with Gasteiger partial charge in [0.2, 0.25) is 0 Å². The van der Waals surface area contributed by atoms with Crippen LogP contribution >= 0.6 is 22.9 Å². The number of thiazole rings is 1. The Hall–Kier alpha value is -1.63. The Bertz CT molecular complexity index is 682. The van der Waals surface area contributed by atoms with Crippen LogP contribution in [0.3, 0.4) is 0 Å². The molecule has 2 heterocycles. The molecular weight excluding hydrogens is 332 g/mol. The van der Waals surface area contributed by atoms with Crippen LogP contribution in [-0.2, 0) is 6.42 Å². The number of benzene rings is 1. The zero-order valence-electron chi connectivity index (χ0n) is 12.7. The molecule has 1 saturated heterocycles. The number of nitrogens with two attached hydrogens (primary N) is 1. The van der Waals surface area contributed by atoms with Crippen molar-refractivity contribution in [2.24, 2.45) is 5.73 Å². The quantitative estimate of drug-likeness (QED) is 0.918. The fourth-order valence-corrected chi connectivity index (χ4v) is 3.62. The molecule has 0 bridgehead atoms. The molecule has 1 aromatic carbocycles. The number of halogens is 1. The predicted octanol–water partition coefficient (Wildman–Crippen LogP) is 2.26. The maximum Gasteiger partial charge on any atom is 0.273 e. The number of piperazine rings is 1. The molecule has 5 nitrogen and oxygen atoms in total. The van der Waals surface area contributed by atoms with E-state index in [1.807, 2.05) is 34.5 Å². The van der Waals surface area contributed by atoms with Crippen molar-refractivity contribution in [3.8, 4) is 0 Å². The van der Waals surface area contributed by atoms with E-state index in [0.717, 1.165) is 35.2 Å². The van der Waals surface area contributed by atoms with Crippen LogP contribution in [0.2, 0.25) is 5.02 Å². The zero-order chi connectivity index (χ0) is 16.2. The molecule has 0 aliphatic carbocycles. The van der Waals surface area contributed by atoms with Crippen molar-refractivity contribution in [1.82, 2.24) is 9.88 Å². The van der Waals surface area contributed by atoms with Gasteiger partial charge in [0.15, 0.2) is 0 Å². The van der Waals surface area contributed by atoms with E-state index in [1.165, 1.54) is 11.3 Å². The van der Waals surface area contributed by atoms with Gasteiger partial charge in [-0.15, -0.1) is 11.3 Å². The first-order valence-corrected chi connectivity index (χ1v) is 8.87. The summed E-state index contributed by atoms with van der Waals surface area (Å²) in [5.41, 5.74) is 7.16.